The summed E-state index contributed by atoms with van der Waals surface area (Å²) in [5.41, 5.74) is 0.958. The summed E-state index contributed by atoms with van der Waals surface area (Å²) in [4.78, 5) is 18.9. The van der Waals surface area contributed by atoms with Gasteiger partial charge in [-0.3, -0.25) is 10.1 Å². The van der Waals surface area contributed by atoms with Crippen LogP contribution in [0.4, 0.5) is 28.7 Å². The molecular weight excluding hydrogens is 365 g/mol. The first-order valence-electron chi connectivity index (χ1n) is 7.07. The number of rotatable bonds is 5. The van der Waals surface area contributed by atoms with Crippen LogP contribution in [0.5, 0.6) is 0 Å². The van der Waals surface area contributed by atoms with Gasteiger partial charge in [0.05, 0.1) is 4.92 Å². The van der Waals surface area contributed by atoms with E-state index in [0.717, 1.165) is 0 Å². The van der Waals surface area contributed by atoms with Crippen molar-refractivity contribution in [1.82, 2.24) is 9.97 Å². The van der Waals surface area contributed by atoms with Crippen LogP contribution < -0.4 is 10.6 Å². The van der Waals surface area contributed by atoms with Crippen molar-refractivity contribution < 1.29 is 4.92 Å². The zero-order valence-electron chi connectivity index (χ0n) is 12.6. The van der Waals surface area contributed by atoms with Crippen molar-refractivity contribution in [1.29, 1.82) is 0 Å². The Morgan fingerprint density at radius 3 is 1.56 bits per heavy atom. The maximum atomic E-state index is 11.5. The highest BCUT2D eigenvalue weighted by Gasteiger charge is 2.23. The second-order valence-electron chi connectivity index (χ2n) is 4.94. The van der Waals surface area contributed by atoms with Crippen molar-refractivity contribution in [2.75, 3.05) is 10.6 Å². The number of halogens is 2. The molecule has 0 aliphatic heterocycles. The summed E-state index contributed by atoms with van der Waals surface area (Å²) in [6.45, 7) is 0. The highest BCUT2D eigenvalue weighted by Crippen LogP contribution is 2.33. The molecule has 0 atom stereocenters. The Kier molecular flexibility index (Phi) is 4.97. The zero-order valence-corrected chi connectivity index (χ0v) is 14.1. The molecule has 0 saturated heterocycles. The number of hydrogen-bond donors (Lipinski definition) is 2. The molecule has 1 heterocycles. The minimum atomic E-state index is -0.545. The molecule has 0 bridgehead atoms. The molecule has 0 aliphatic carbocycles. The van der Waals surface area contributed by atoms with Gasteiger partial charge in [-0.1, -0.05) is 23.2 Å². The Balaban J connectivity index is 1.94. The largest absolute Gasteiger partial charge is 0.353 e. The third-order valence-electron chi connectivity index (χ3n) is 3.22. The van der Waals surface area contributed by atoms with Crippen molar-refractivity contribution in [3.05, 3.63) is 75.0 Å². The number of benzene rings is 2. The summed E-state index contributed by atoms with van der Waals surface area (Å²) in [7, 11) is 0. The van der Waals surface area contributed by atoms with Crippen LogP contribution in [0, 0.1) is 10.1 Å². The average Bonchev–Trinajstić information content (AvgIpc) is 2.59. The SMILES string of the molecule is O=[N+]([O-])c1c(Nc2ccc(Cl)cc2)ncnc1Nc1ccc(Cl)cc1. The topological polar surface area (TPSA) is 93.0 Å². The third kappa shape index (κ3) is 4.14. The van der Waals surface area contributed by atoms with Crippen molar-refractivity contribution >= 4 is 51.9 Å². The predicted molar refractivity (Wildman–Crippen MR) is 98.2 cm³/mol. The average molecular weight is 376 g/mol. The lowest BCUT2D eigenvalue weighted by Gasteiger charge is -2.10. The van der Waals surface area contributed by atoms with Gasteiger partial charge in [0.2, 0.25) is 11.6 Å². The van der Waals surface area contributed by atoms with E-state index in [1.807, 2.05) is 0 Å². The zero-order chi connectivity index (χ0) is 17.8. The van der Waals surface area contributed by atoms with Gasteiger partial charge >= 0.3 is 5.69 Å². The molecule has 0 amide bonds. The number of hydrogen-bond acceptors (Lipinski definition) is 6. The van der Waals surface area contributed by atoms with Crippen LogP contribution >= 0.6 is 23.2 Å². The molecule has 3 aromatic rings. The van der Waals surface area contributed by atoms with Crippen LogP contribution in [0.3, 0.4) is 0 Å². The number of anilines is 4. The molecule has 2 N–H and O–H groups in total. The Bertz CT molecular complexity index is 836. The van der Waals surface area contributed by atoms with E-state index in [2.05, 4.69) is 20.6 Å². The van der Waals surface area contributed by atoms with E-state index in [1.54, 1.807) is 48.5 Å². The minimum absolute atomic E-state index is 0.0683. The van der Waals surface area contributed by atoms with Crippen molar-refractivity contribution in [3.8, 4) is 0 Å². The van der Waals surface area contributed by atoms with Gasteiger partial charge in [0.25, 0.3) is 0 Å². The first-order valence-corrected chi connectivity index (χ1v) is 7.83. The maximum Gasteiger partial charge on any atom is 0.353 e. The van der Waals surface area contributed by atoms with Crippen molar-refractivity contribution in [3.63, 3.8) is 0 Å². The second-order valence-corrected chi connectivity index (χ2v) is 5.81. The summed E-state index contributed by atoms with van der Waals surface area (Å²) in [6, 6.07) is 13.5. The van der Waals surface area contributed by atoms with Gasteiger partial charge in [0.15, 0.2) is 0 Å². The Morgan fingerprint density at radius 2 is 1.20 bits per heavy atom. The molecule has 0 spiro atoms. The molecule has 1 aromatic heterocycles. The molecular formula is C16H11Cl2N5O2. The van der Waals surface area contributed by atoms with Crippen molar-refractivity contribution in [2.45, 2.75) is 0 Å². The molecule has 9 heteroatoms. The third-order valence-corrected chi connectivity index (χ3v) is 3.72. The minimum Gasteiger partial charge on any atom is -0.334 e. The highest BCUT2D eigenvalue weighted by molar-refractivity contribution is 6.30. The number of aromatic nitrogens is 2. The summed E-state index contributed by atoms with van der Waals surface area (Å²) >= 11 is 11.7. The van der Waals surface area contributed by atoms with E-state index in [4.69, 9.17) is 23.2 Å². The normalized spacial score (nSPS) is 10.3. The number of nitrogens with zero attached hydrogens (tertiary/aromatic N) is 3. The molecule has 0 fully saturated rings. The second kappa shape index (κ2) is 7.33. The standard InChI is InChI=1S/C16H11Cl2N5O2/c17-10-1-5-12(6-2-10)21-15-14(23(24)25)16(20-9-19-15)22-13-7-3-11(18)4-8-13/h1-9H,(H2,19,20,21,22). The Hall–Kier alpha value is -2.90. The molecule has 3 rings (SSSR count). The van der Waals surface area contributed by atoms with Crippen LogP contribution in [0.15, 0.2) is 54.9 Å². The number of nitrogens with one attached hydrogen (secondary N) is 2. The number of nitro groups is 1. The molecule has 0 aliphatic rings. The van der Waals surface area contributed by atoms with Gasteiger partial charge in [-0.15, -0.1) is 0 Å². The first-order chi connectivity index (χ1) is 12.0. The highest BCUT2D eigenvalue weighted by atomic mass is 35.5. The van der Waals surface area contributed by atoms with Crippen LogP contribution in [0.25, 0.3) is 0 Å². The molecule has 2 aromatic carbocycles. The first kappa shape index (κ1) is 16.9. The lowest BCUT2D eigenvalue weighted by Crippen LogP contribution is -2.05. The van der Waals surface area contributed by atoms with Crippen LogP contribution in [-0.2, 0) is 0 Å². The molecule has 126 valence electrons. The lowest BCUT2D eigenvalue weighted by atomic mass is 10.3. The van der Waals surface area contributed by atoms with E-state index in [1.165, 1.54) is 6.33 Å². The van der Waals surface area contributed by atoms with E-state index < -0.39 is 4.92 Å². The van der Waals surface area contributed by atoms with E-state index in [-0.39, 0.29) is 17.3 Å². The van der Waals surface area contributed by atoms with E-state index in [9.17, 15) is 10.1 Å². The van der Waals surface area contributed by atoms with Gasteiger partial charge in [-0.2, -0.15) is 0 Å². The summed E-state index contributed by atoms with van der Waals surface area (Å²) in [5, 5.41) is 18.5. The predicted octanol–water partition coefficient (Wildman–Crippen LogP) is 5.18. The molecule has 0 unspecified atom stereocenters. The fourth-order valence-corrected chi connectivity index (χ4v) is 2.33. The van der Waals surface area contributed by atoms with E-state index in [0.29, 0.717) is 21.4 Å². The van der Waals surface area contributed by atoms with Gasteiger partial charge in [0.1, 0.15) is 6.33 Å². The maximum absolute atomic E-state index is 11.5. The monoisotopic (exact) mass is 375 g/mol. The van der Waals surface area contributed by atoms with Gasteiger partial charge in [-0.05, 0) is 48.5 Å². The summed E-state index contributed by atoms with van der Waals surface area (Å²) in [5.74, 6) is 0.137. The molecule has 0 saturated carbocycles. The Morgan fingerprint density at radius 1 is 0.800 bits per heavy atom. The fourth-order valence-electron chi connectivity index (χ4n) is 2.07. The van der Waals surface area contributed by atoms with E-state index >= 15 is 0 Å². The van der Waals surface area contributed by atoms with Crippen molar-refractivity contribution in [2.24, 2.45) is 0 Å². The van der Waals surface area contributed by atoms with Crippen LogP contribution in [0.1, 0.15) is 0 Å². The summed E-state index contributed by atoms with van der Waals surface area (Å²) in [6.07, 6.45) is 1.24. The summed E-state index contributed by atoms with van der Waals surface area (Å²) < 4.78 is 0. The van der Waals surface area contributed by atoms with Gasteiger partial charge in [-0.25, -0.2) is 9.97 Å². The smallest absolute Gasteiger partial charge is 0.334 e. The quantitative estimate of drug-likeness (QED) is 0.471. The molecule has 7 nitrogen and oxygen atoms in total. The Labute approximate surface area is 152 Å². The lowest BCUT2D eigenvalue weighted by molar-refractivity contribution is -0.383. The van der Waals surface area contributed by atoms with Crippen LogP contribution in [0.2, 0.25) is 10.0 Å². The van der Waals surface area contributed by atoms with Gasteiger partial charge in [0, 0.05) is 21.4 Å². The fraction of sp³-hybridized carbons (Fsp3) is 0. The molecule has 0 radical (unpaired) electrons. The van der Waals surface area contributed by atoms with Gasteiger partial charge < -0.3 is 10.6 Å². The van der Waals surface area contributed by atoms with Crippen LogP contribution in [-0.4, -0.2) is 14.9 Å². The molecule has 25 heavy (non-hydrogen) atoms.